The lowest BCUT2D eigenvalue weighted by atomic mass is 9.83. The summed E-state index contributed by atoms with van der Waals surface area (Å²) in [6.45, 7) is 10.1. The number of rotatable bonds is 10. The molecule has 2 amide bonds. The van der Waals surface area contributed by atoms with E-state index in [2.05, 4.69) is 103 Å². The molecule has 2 aliphatic rings. The zero-order valence-electron chi connectivity index (χ0n) is 35.3. The van der Waals surface area contributed by atoms with E-state index < -0.39 is 29.7 Å². The molecule has 2 saturated carbocycles. The second-order valence-corrected chi connectivity index (χ2v) is 18.7. The first-order chi connectivity index (χ1) is 28.9. The lowest BCUT2D eigenvalue weighted by Crippen LogP contribution is -2.42. The van der Waals surface area contributed by atoms with Crippen LogP contribution in [0.15, 0.2) is 85.2 Å². The molecule has 4 N–H and O–H groups in total. The summed E-state index contributed by atoms with van der Waals surface area (Å²) in [5.41, 5.74) is 5.36. The monoisotopic (exact) mass is 834 g/mol. The van der Waals surface area contributed by atoms with Crippen LogP contribution in [0.1, 0.15) is 110 Å². The normalized spacial score (nSPS) is 18.3. The molecule has 0 saturated heterocycles. The third kappa shape index (κ3) is 9.38. The van der Waals surface area contributed by atoms with Gasteiger partial charge in [0.05, 0.1) is 35.9 Å². The SMILES string of the molecule is CC(C)[C@H](NC(=O)C1CCC(F)(F)CC1)c1ncc(-c2ccc3cc(-c4ccc5cc(-c6cnc([C@@H](NC(=O)C7CCC(F)(F)CC7)C(C)(C)C)[nH]6)ccc5c4)ccc3c2)[nH]1. The van der Waals surface area contributed by atoms with Crippen LogP contribution in [0.2, 0.25) is 0 Å². The second kappa shape index (κ2) is 16.4. The lowest BCUT2D eigenvalue weighted by Gasteiger charge is -2.33. The summed E-state index contributed by atoms with van der Waals surface area (Å²) in [7, 11) is 0. The minimum atomic E-state index is -2.69. The number of carbonyl (C=O) groups excluding carboxylic acids is 2. The van der Waals surface area contributed by atoms with Crippen molar-refractivity contribution in [3.63, 3.8) is 0 Å². The first-order valence-electron chi connectivity index (χ1n) is 21.5. The van der Waals surface area contributed by atoms with Crippen LogP contribution in [0.5, 0.6) is 0 Å². The molecule has 2 atom stereocenters. The van der Waals surface area contributed by atoms with Crippen molar-refractivity contribution in [3.8, 4) is 33.6 Å². The number of nitrogens with zero attached hydrogens (tertiary/aromatic N) is 2. The minimum absolute atomic E-state index is 0.0372. The van der Waals surface area contributed by atoms with Crippen molar-refractivity contribution in [3.05, 3.63) is 96.8 Å². The fourth-order valence-corrected chi connectivity index (χ4v) is 8.84. The molecule has 6 aromatic rings. The molecule has 61 heavy (non-hydrogen) atoms. The number of benzene rings is 4. The zero-order chi connectivity index (χ0) is 43.3. The standard InChI is InChI=1S/C49H54F4N6O2/c1-28(2)41(58-45(60)29-14-18-48(50,51)19-15-29)43-54-26-39(56-43)37-12-10-33-22-31(6-8-35(33)24-37)32-7-9-36-25-38(13-11-34(36)23-32)40-27-55-44(57-40)42(47(3,4)5)59-46(61)30-16-20-49(52,53)21-17-30/h6-13,22-30,41-42H,14-21H2,1-5H3,(H,54,56)(H,55,57)(H,58,60)(H,59,61)/t41-,42+/m0/s1. The Hall–Kier alpha value is -5.52. The third-order valence-electron chi connectivity index (χ3n) is 12.7. The van der Waals surface area contributed by atoms with Crippen LogP contribution in [-0.4, -0.2) is 43.6 Å². The maximum atomic E-state index is 13.8. The second-order valence-electron chi connectivity index (χ2n) is 18.7. The van der Waals surface area contributed by atoms with Crippen LogP contribution >= 0.6 is 0 Å². The summed E-state index contributed by atoms with van der Waals surface area (Å²) in [5.74, 6) is -5.32. The Kier molecular flexibility index (Phi) is 11.3. The molecule has 8 rings (SSSR count). The molecule has 2 heterocycles. The number of alkyl halides is 4. The number of amides is 2. The van der Waals surface area contributed by atoms with Gasteiger partial charge < -0.3 is 20.6 Å². The molecule has 0 bridgehead atoms. The number of aromatic amines is 2. The summed E-state index contributed by atoms with van der Waals surface area (Å²) in [6, 6.07) is 24.5. The molecule has 0 aliphatic heterocycles. The maximum Gasteiger partial charge on any atom is 0.248 e. The smallest absolute Gasteiger partial charge is 0.248 e. The van der Waals surface area contributed by atoms with E-state index in [9.17, 15) is 27.2 Å². The molecule has 0 unspecified atom stereocenters. The summed E-state index contributed by atoms with van der Waals surface area (Å²) in [5, 5.41) is 10.5. The van der Waals surface area contributed by atoms with Gasteiger partial charge in [-0.1, -0.05) is 83.1 Å². The summed E-state index contributed by atoms with van der Waals surface area (Å²) < 4.78 is 54.9. The number of H-pyrrole nitrogens is 2. The van der Waals surface area contributed by atoms with Crippen molar-refractivity contribution >= 4 is 33.4 Å². The molecule has 320 valence electrons. The van der Waals surface area contributed by atoms with Gasteiger partial charge in [0.25, 0.3) is 0 Å². The van der Waals surface area contributed by atoms with Gasteiger partial charge in [0.2, 0.25) is 23.7 Å². The Balaban J connectivity index is 0.949. The van der Waals surface area contributed by atoms with Gasteiger partial charge in [-0.3, -0.25) is 9.59 Å². The third-order valence-corrected chi connectivity index (χ3v) is 12.7. The minimum Gasteiger partial charge on any atom is -0.346 e. The van der Waals surface area contributed by atoms with Crippen molar-refractivity contribution < 1.29 is 27.2 Å². The topological polar surface area (TPSA) is 116 Å². The average molecular weight is 835 g/mol. The lowest BCUT2D eigenvalue weighted by molar-refractivity contribution is -0.131. The molecular formula is C49H54F4N6O2. The Morgan fingerprint density at radius 3 is 1.41 bits per heavy atom. The Morgan fingerprint density at radius 1 is 0.607 bits per heavy atom. The molecular weight excluding hydrogens is 781 g/mol. The van der Waals surface area contributed by atoms with Gasteiger partial charge in [-0.15, -0.1) is 0 Å². The number of fused-ring (bicyclic) bond motifs is 2. The van der Waals surface area contributed by atoms with Gasteiger partial charge in [-0.2, -0.15) is 0 Å². The summed E-state index contributed by atoms with van der Waals surface area (Å²) in [6.07, 6.45) is 3.24. The fraction of sp³-hybridized carbons (Fsp3) is 0.429. The predicted molar refractivity (Wildman–Crippen MR) is 232 cm³/mol. The van der Waals surface area contributed by atoms with E-state index in [4.69, 9.17) is 0 Å². The van der Waals surface area contributed by atoms with Gasteiger partial charge in [-0.05, 0) is 94.0 Å². The molecule has 12 heteroatoms. The van der Waals surface area contributed by atoms with Crippen molar-refractivity contribution in [2.24, 2.45) is 23.2 Å². The van der Waals surface area contributed by atoms with Gasteiger partial charge in [0.1, 0.15) is 11.6 Å². The van der Waals surface area contributed by atoms with E-state index in [1.807, 2.05) is 34.6 Å². The van der Waals surface area contributed by atoms with Crippen LogP contribution in [0.3, 0.4) is 0 Å². The van der Waals surface area contributed by atoms with Gasteiger partial charge >= 0.3 is 0 Å². The largest absolute Gasteiger partial charge is 0.346 e. The number of imidazole rings is 2. The maximum absolute atomic E-state index is 13.8. The van der Waals surface area contributed by atoms with Crippen molar-refractivity contribution in [2.75, 3.05) is 0 Å². The molecule has 0 spiro atoms. The number of halogens is 4. The molecule has 0 radical (unpaired) electrons. The van der Waals surface area contributed by atoms with Crippen molar-refractivity contribution in [1.29, 1.82) is 0 Å². The highest BCUT2D eigenvalue weighted by atomic mass is 19.3. The van der Waals surface area contributed by atoms with E-state index >= 15 is 0 Å². The first-order valence-corrected chi connectivity index (χ1v) is 21.5. The van der Waals surface area contributed by atoms with Gasteiger partial charge in [0, 0.05) is 48.6 Å². The number of hydrogen-bond acceptors (Lipinski definition) is 4. The van der Waals surface area contributed by atoms with Crippen LogP contribution in [-0.2, 0) is 9.59 Å². The van der Waals surface area contributed by atoms with Gasteiger partial charge in [-0.25, -0.2) is 27.5 Å². The van der Waals surface area contributed by atoms with Crippen LogP contribution in [0, 0.1) is 23.2 Å². The number of nitrogens with one attached hydrogen (secondary N) is 4. The summed E-state index contributed by atoms with van der Waals surface area (Å²) in [4.78, 5) is 42.4. The van der Waals surface area contributed by atoms with Crippen molar-refractivity contribution in [1.82, 2.24) is 30.6 Å². The Morgan fingerprint density at radius 2 is 0.984 bits per heavy atom. The Labute approximate surface area is 353 Å². The van der Waals surface area contributed by atoms with E-state index in [0.29, 0.717) is 11.6 Å². The van der Waals surface area contributed by atoms with E-state index in [1.54, 1.807) is 12.4 Å². The van der Waals surface area contributed by atoms with Crippen molar-refractivity contribution in [2.45, 2.75) is 110 Å². The van der Waals surface area contributed by atoms with E-state index in [-0.39, 0.29) is 80.6 Å². The molecule has 2 aromatic heterocycles. The molecule has 2 fully saturated rings. The molecule has 4 aromatic carbocycles. The number of carbonyl (C=O) groups is 2. The highest BCUT2D eigenvalue weighted by molar-refractivity contribution is 5.94. The van der Waals surface area contributed by atoms with E-state index in [0.717, 1.165) is 55.2 Å². The van der Waals surface area contributed by atoms with Gasteiger partial charge in [0.15, 0.2) is 0 Å². The summed E-state index contributed by atoms with van der Waals surface area (Å²) >= 11 is 0. The van der Waals surface area contributed by atoms with Crippen LogP contribution < -0.4 is 10.6 Å². The van der Waals surface area contributed by atoms with E-state index in [1.165, 1.54) is 0 Å². The molecule has 2 aliphatic carbocycles. The number of aromatic nitrogens is 4. The highest BCUT2D eigenvalue weighted by Gasteiger charge is 2.40. The quantitative estimate of drug-likeness (QED) is 0.103. The average Bonchev–Trinajstić information content (AvgIpc) is 3.92. The number of hydrogen-bond donors (Lipinski definition) is 4. The molecule has 8 nitrogen and oxygen atoms in total. The van der Waals surface area contributed by atoms with Crippen LogP contribution in [0.4, 0.5) is 17.6 Å². The Bertz CT molecular complexity index is 2550. The predicted octanol–water partition coefficient (Wildman–Crippen LogP) is 12.1. The fourth-order valence-electron chi connectivity index (χ4n) is 8.84. The van der Waals surface area contributed by atoms with Crippen LogP contribution in [0.25, 0.3) is 55.2 Å². The highest BCUT2D eigenvalue weighted by Crippen LogP contribution is 2.40. The first kappa shape index (κ1) is 42.2. The zero-order valence-corrected chi connectivity index (χ0v) is 35.3.